The van der Waals surface area contributed by atoms with Gasteiger partial charge in [0.25, 0.3) is 0 Å². The van der Waals surface area contributed by atoms with E-state index in [9.17, 15) is 4.91 Å². The van der Waals surface area contributed by atoms with Gasteiger partial charge in [0.05, 0.1) is 0 Å². The molecule has 0 aliphatic heterocycles. The first kappa shape index (κ1) is 21.2. The Kier molecular flexibility index (Phi) is 17.6. The maximum atomic E-state index is 11.3. The third-order valence-corrected chi connectivity index (χ3v) is 3.89. The molecule has 22 heavy (non-hydrogen) atoms. The highest BCUT2D eigenvalue weighted by Crippen LogP contribution is 2.08. The fourth-order valence-corrected chi connectivity index (χ4v) is 2.43. The molecular weight excluding hydrogens is 278 g/mol. The first-order valence-corrected chi connectivity index (χ1v) is 9.54. The molecule has 4 nitrogen and oxygen atoms in total. The van der Waals surface area contributed by atoms with E-state index in [0.29, 0.717) is 18.3 Å². The monoisotopic (exact) mass is 316 g/mol. The van der Waals surface area contributed by atoms with Crippen molar-refractivity contribution >= 4 is 0 Å². The first-order valence-electron chi connectivity index (χ1n) is 9.54. The van der Waals surface area contributed by atoms with Crippen LogP contribution in [0.1, 0.15) is 104 Å². The molecule has 4 heteroatoms. The van der Waals surface area contributed by atoms with Crippen LogP contribution in [0.4, 0.5) is 0 Å². The van der Waals surface area contributed by atoms with E-state index in [1.54, 1.807) is 0 Å². The van der Waals surface area contributed by atoms with Gasteiger partial charge in [-0.25, -0.2) is 0 Å². The molecule has 0 radical (unpaired) electrons. The van der Waals surface area contributed by atoms with Crippen molar-refractivity contribution < 1.29 is 14.8 Å². The summed E-state index contributed by atoms with van der Waals surface area (Å²) >= 11 is 0. The SMILES string of the molecule is CCCCCCCCCO[N+](=O)OCCCCCCCCC. The molecule has 0 N–H and O–H groups in total. The first-order chi connectivity index (χ1) is 10.8. The second-order valence-electron chi connectivity index (χ2n) is 6.13. The summed E-state index contributed by atoms with van der Waals surface area (Å²) in [6, 6.07) is 0. The average molecular weight is 317 g/mol. The normalized spacial score (nSPS) is 10.6. The van der Waals surface area contributed by atoms with Crippen LogP contribution in [0.2, 0.25) is 0 Å². The Hall–Kier alpha value is -0.800. The summed E-state index contributed by atoms with van der Waals surface area (Å²) in [6.07, 6.45) is 17.1. The van der Waals surface area contributed by atoms with Crippen molar-refractivity contribution in [3.63, 3.8) is 0 Å². The lowest BCUT2D eigenvalue weighted by atomic mass is 10.1. The van der Waals surface area contributed by atoms with Gasteiger partial charge in [-0.15, -0.1) is 0 Å². The Labute approximate surface area is 137 Å². The Morgan fingerprint density at radius 2 is 0.864 bits per heavy atom. The largest absolute Gasteiger partial charge is 0.477 e. The molecule has 132 valence electrons. The fourth-order valence-electron chi connectivity index (χ4n) is 2.43. The zero-order valence-corrected chi connectivity index (χ0v) is 15.0. The lowest BCUT2D eigenvalue weighted by molar-refractivity contribution is -0.981. The number of hydrogen-bond donors (Lipinski definition) is 0. The zero-order valence-electron chi connectivity index (χ0n) is 15.0. The van der Waals surface area contributed by atoms with Gasteiger partial charge in [-0.05, 0) is 25.7 Å². The molecule has 0 amide bonds. The van der Waals surface area contributed by atoms with Gasteiger partial charge in [-0.1, -0.05) is 78.1 Å². The third kappa shape index (κ3) is 17.3. The maximum absolute atomic E-state index is 11.3. The molecule has 0 heterocycles. The van der Waals surface area contributed by atoms with Crippen LogP contribution in [0.5, 0.6) is 0 Å². The molecule has 0 aliphatic rings. The lowest BCUT2D eigenvalue weighted by Gasteiger charge is -2.00. The fraction of sp³-hybridized carbons (Fsp3) is 1.00. The smallest absolute Gasteiger partial charge is 0.187 e. The Balaban J connectivity index is 3.13. The molecule has 0 spiro atoms. The maximum Gasteiger partial charge on any atom is 0.477 e. The van der Waals surface area contributed by atoms with Crippen molar-refractivity contribution in [2.45, 2.75) is 104 Å². The molecule has 0 aromatic heterocycles. The van der Waals surface area contributed by atoms with Gasteiger partial charge in [0.1, 0.15) is 4.91 Å². The van der Waals surface area contributed by atoms with Crippen molar-refractivity contribution in [1.29, 1.82) is 0 Å². The van der Waals surface area contributed by atoms with Crippen LogP contribution < -0.4 is 0 Å². The number of unbranched alkanes of at least 4 members (excludes halogenated alkanes) is 12. The molecular formula is C18H38NO3+. The highest BCUT2D eigenvalue weighted by Gasteiger charge is 2.10. The quantitative estimate of drug-likeness (QED) is 0.225. The summed E-state index contributed by atoms with van der Waals surface area (Å²) in [5.74, 6) is 0. The van der Waals surface area contributed by atoms with Crippen molar-refractivity contribution in [3.05, 3.63) is 4.91 Å². The summed E-state index contributed by atoms with van der Waals surface area (Å²) in [5.41, 5.74) is 0. The highest BCUT2D eigenvalue weighted by molar-refractivity contribution is 4.44. The Morgan fingerprint density at radius 3 is 1.23 bits per heavy atom. The number of rotatable bonds is 18. The minimum absolute atomic E-state index is 0.300. The topological polar surface area (TPSA) is 38.5 Å². The van der Waals surface area contributed by atoms with Crippen LogP contribution >= 0.6 is 0 Å². The van der Waals surface area contributed by atoms with Gasteiger partial charge in [-0.2, -0.15) is 9.68 Å². The van der Waals surface area contributed by atoms with Gasteiger partial charge in [-0.3, -0.25) is 0 Å². The number of hydrogen-bond acceptors (Lipinski definition) is 3. The molecule has 0 atom stereocenters. The second-order valence-corrected chi connectivity index (χ2v) is 6.13. The molecule has 0 saturated heterocycles. The minimum atomic E-state index is 0.300. The van der Waals surface area contributed by atoms with Gasteiger partial charge >= 0.3 is 5.09 Å². The highest BCUT2D eigenvalue weighted by atomic mass is 17.0. The molecule has 0 rings (SSSR count). The van der Waals surface area contributed by atoms with E-state index >= 15 is 0 Å². The van der Waals surface area contributed by atoms with Gasteiger partial charge in [0, 0.05) is 0 Å². The predicted molar refractivity (Wildman–Crippen MR) is 91.5 cm³/mol. The molecule has 0 aliphatic carbocycles. The minimum Gasteiger partial charge on any atom is -0.187 e. The molecule has 0 aromatic rings. The van der Waals surface area contributed by atoms with E-state index in [1.807, 2.05) is 0 Å². The summed E-state index contributed by atoms with van der Waals surface area (Å²) in [6.45, 7) is 5.38. The summed E-state index contributed by atoms with van der Waals surface area (Å²) < 4.78 is 0. The summed E-state index contributed by atoms with van der Waals surface area (Å²) in [5, 5.41) is 0.300. The second kappa shape index (κ2) is 18.2. The van der Waals surface area contributed by atoms with E-state index in [0.717, 1.165) is 25.7 Å². The van der Waals surface area contributed by atoms with Crippen LogP contribution in [0, 0.1) is 4.91 Å². The van der Waals surface area contributed by atoms with Crippen LogP contribution in [0.15, 0.2) is 0 Å². The molecule has 0 fully saturated rings. The summed E-state index contributed by atoms with van der Waals surface area (Å²) in [4.78, 5) is 21.2. The predicted octanol–water partition coefficient (Wildman–Crippen LogP) is 6.13. The Morgan fingerprint density at radius 1 is 0.545 bits per heavy atom. The van der Waals surface area contributed by atoms with Crippen molar-refractivity contribution in [2.75, 3.05) is 13.2 Å². The third-order valence-electron chi connectivity index (χ3n) is 3.89. The Bertz CT molecular complexity index is 212. The van der Waals surface area contributed by atoms with Gasteiger partial charge in [0.2, 0.25) is 0 Å². The van der Waals surface area contributed by atoms with Crippen LogP contribution in [-0.2, 0) is 9.68 Å². The van der Waals surface area contributed by atoms with Crippen molar-refractivity contribution in [1.82, 2.24) is 0 Å². The molecule has 0 aromatic carbocycles. The summed E-state index contributed by atoms with van der Waals surface area (Å²) in [7, 11) is 0. The van der Waals surface area contributed by atoms with E-state index < -0.39 is 0 Å². The van der Waals surface area contributed by atoms with Crippen LogP contribution in [0.3, 0.4) is 0 Å². The number of nitrogens with zero attached hydrogens (tertiary/aromatic N) is 1. The molecule has 0 bridgehead atoms. The zero-order chi connectivity index (χ0) is 16.3. The standard InChI is InChI=1S/C18H38NO3/c1-3-5-7-9-11-13-15-17-21-19(20)22-18-16-14-12-10-8-6-4-2/h3-18H2,1-2H3/q+1. The van der Waals surface area contributed by atoms with Crippen LogP contribution in [0.25, 0.3) is 0 Å². The molecule has 0 unspecified atom stereocenters. The van der Waals surface area contributed by atoms with Gasteiger partial charge < -0.3 is 0 Å². The van der Waals surface area contributed by atoms with E-state index in [-0.39, 0.29) is 0 Å². The lowest BCUT2D eigenvalue weighted by Crippen LogP contribution is -2.12. The van der Waals surface area contributed by atoms with E-state index in [1.165, 1.54) is 64.2 Å². The van der Waals surface area contributed by atoms with E-state index in [2.05, 4.69) is 13.8 Å². The molecule has 0 saturated carbocycles. The van der Waals surface area contributed by atoms with Crippen molar-refractivity contribution in [3.8, 4) is 0 Å². The van der Waals surface area contributed by atoms with Gasteiger partial charge in [0.15, 0.2) is 13.2 Å². The van der Waals surface area contributed by atoms with E-state index in [4.69, 9.17) is 9.68 Å². The average Bonchev–Trinajstić information content (AvgIpc) is 2.52. The van der Waals surface area contributed by atoms with Crippen molar-refractivity contribution in [2.24, 2.45) is 0 Å². The van der Waals surface area contributed by atoms with Crippen LogP contribution in [-0.4, -0.2) is 18.3 Å².